The van der Waals surface area contributed by atoms with Crippen molar-refractivity contribution < 1.29 is 5.11 Å². The molecule has 0 saturated carbocycles. The van der Waals surface area contributed by atoms with Gasteiger partial charge in [-0.25, -0.2) is 0 Å². The Balaban J connectivity index is 3.44. The second-order valence-electron chi connectivity index (χ2n) is 3.22. The minimum absolute atomic E-state index is 0.320. The van der Waals surface area contributed by atoms with Crippen molar-refractivity contribution >= 4 is 0 Å². The molecule has 1 nitrogen and oxygen atoms in total. The fourth-order valence-electron chi connectivity index (χ4n) is 1.10. The zero-order valence-corrected chi connectivity index (χ0v) is 8.27. The van der Waals surface area contributed by atoms with E-state index in [4.69, 9.17) is 0 Å². The highest BCUT2D eigenvalue weighted by molar-refractivity contribution is 5.00. The van der Waals surface area contributed by atoms with Gasteiger partial charge in [0.05, 0.1) is 6.10 Å². The number of hydrogen-bond donors (Lipinski definition) is 1. The Kier molecular flexibility index (Phi) is 6.84. The second-order valence-corrected chi connectivity index (χ2v) is 3.22. The smallest absolute Gasteiger partial charge is 0.0820 e. The summed E-state index contributed by atoms with van der Waals surface area (Å²) < 4.78 is 0. The van der Waals surface area contributed by atoms with Crippen LogP contribution in [0.25, 0.3) is 0 Å². The molecular weight excluding hydrogens is 148 g/mol. The van der Waals surface area contributed by atoms with Crippen LogP contribution < -0.4 is 0 Å². The minimum Gasteiger partial charge on any atom is -0.388 e. The largest absolute Gasteiger partial charge is 0.388 e. The monoisotopic (exact) mass is 168 g/mol. The van der Waals surface area contributed by atoms with Gasteiger partial charge >= 0.3 is 0 Å². The predicted molar refractivity (Wildman–Crippen MR) is 53.1 cm³/mol. The lowest BCUT2D eigenvalue weighted by Gasteiger charge is -2.08. The number of aliphatic hydroxyl groups excluding tert-OH is 1. The molecular formula is C11H20O. The summed E-state index contributed by atoms with van der Waals surface area (Å²) in [5.74, 6) is 0. The van der Waals surface area contributed by atoms with Gasteiger partial charge in [-0.2, -0.15) is 0 Å². The van der Waals surface area contributed by atoms with Crippen molar-refractivity contribution in [1.82, 2.24) is 0 Å². The third-order valence-electron chi connectivity index (χ3n) is 2.11. The van der Waals surface area contributed by atoms with Gasteiger partial charge in [-0.05, 0) is 18.9 Å². The molecule has 0 radical (unpaired) electrons. The van der Waals surface area contributed by atoms with Crippen molar-refractivity contribution in [2.45, 2.75) is 52.1 Å². The van der Waals surface area contributed by atoms with E-state index in [1.165, 1.54) is 19.3 Å². The van der Waals surface area contributed by atoms with Gasteiger partial charge in [0.25, 0.3) is 0 Å². The van der Waals surface area contributed by atoms with E-state index in [-0.39, 0.29) is 6.10 Å². The van der Waals surface area contributed by atoms with Crippen LogP contribution in [0.1, 0.15) is 46.0 Å². The molecule has 12 heavy (non-hydrogen) atoms. The third-order valence-corrected chi connectivity index (χ3v) is 2.11. The maximum atomic E-state index is 9.48. The van der Waals surface area contributed by atoms with Crippen molar-refractivity contribution in [2.24, 2.45) is 0 Å². The van der Waals surface area contributed by atoms with Crippen LogP contribution in [0.3, 0.4) is 0 Å². The zero-order chi connectivity index (χ0) is 9.40. The molecule has 0 heterocycles. The quantitative estimate of drug-likeness (QED) is 0.477. The minimum atomic E-state index is -0.320. The summed E-state index contributed by atoms with van der Waals surface area (Å²) in [5.41, 5.74) is 3.59. The van der Waals surface area contributed by atoms with Crippen molar-refractivity contribution in [2.75, 3.05) is 0 Å². The van der Waals surface area contributed by atoms with Crippen LogP contribution in [0.5, 0.6) is 0 Å². The van der Waals surface area contributed by atoms with Gasteiger partial charge < -0.3 is 5.11 Å². The van der Waals surface area contributed by atoms with E-state index in [0.29, 0.717) is 0 Å². The van der Waals surface area contributed by atoms with Gasteiger partial charge in [0, 0.05) is 0 Å². The van der Waals surface area contributed by atoms with Crippen LogP contribution in [0, 0.1) is 0 Å². The first-order valence-electron chi connectivity index (χ1n) is 4.77. The van der Waals surface area contributed by atoms with Crippen LogP contribution in [0.15, 0.2) is 17.9 Å². The predicted octanol–water partition coefficient (Wildman–Crippen LogP) is 3.05. The fraction of sp³-hybridized carbons (Fsp3) is 0.727. The van der Waals surface area contributed by atoms with E-state index < -0.39 is 0 Å². The van der Waals surface area contributed by atoms with Crippen LogP contribution in [-0.2, 0) is 0 Å². The van der Waals surface area contributed by atoms with Gasteiger partial charge in [-0.15, -0.1) is 5.73 Å². The molecule has 0 aromatic carbocycles. The third kappa shape index (κ3) is 5.17. The molecule has 0 spiro atoms. The summed E-state index contributed by atoms with van der Waals surface area (Å²) in [6.07, 6.45) is 5.37. The maximum absolute atomic E-state index is 9.48. The highest BCUT2D eigenvalue weighted by atomic mass is 16.3. The molecule has 70 valence electrons. The Labute approximate surface area is 75.8 Å². The van der Waals surface area contributed by atoms with Crippen LogP contribution in [0.4, 0.5) is 0 Å². The van der Waals surface area contributed by atoms with Gasteiger partial charge in [-0.3, -0.25) is 0 Å². The molecule has 0 aliphatic carbocycles. The summed E-state index contributed by atoms with van der Waals surface area (Å²) >= 11 is 0. The second kappa shape index (κ2) is 7.15. The number of rotatable bonds is 6. The molecule has 0 aromatic heterocycles. The van der Waals surface area contributed by atoms with Gasteiger partial charge in [0.15, 0.2) is 0 Å². The summed E-state index contributed by atoms with van der Waals surface area (Å²) in [6.45, 7) is 7.56. The van der Waals surface area contributed by atoms with Crippen molar-refractivity contribution in [3.05, 3.63) is 17.9 Å². The van der Waals surface area contributed by atoms with Crippen molar-refractivity contribution in [1.29, 1.82) is 0 Å². The maximum Gasteiger partial charge on any atom is 0.0820 e. The van der Waals surface area contributed by atoms with Crippen molar-refractivity contribution in [3.63, 3.8) is 0 Å². The first-order valence-corrected chi connectivity index (χ1v) is 4.77. The molecule has 0 aromatic rings. The Hall–Kier alpha value is -0.520. The van der Waals surface area contributed by atoms with E-state index in [9.17, 15) is 5.11 Å². The highest BCUT2D eigenvalue weighted by Crippen LogP contribution is 2.10. The summed E-state index contributed by atoms with van der Waals surface area (Å²) in [7, 11) is 0. The number of aliphatic hydroxyl groups is 1. The molecule has 0 saturated heterocycles. The molecule has 0 rings (SSSR count). The Morgan fingerprint density at radius 2 is 2.08 bits per heavy atom. The van der Waals surface area contributed by atoms with E-state index in [0.717, 1.165) is 18.4 Å². The molecule has 1 N–H and O–H groups in total. The van der Waals surface area contributed by atoms with E-state index >= 15 is 0 Å². The first-order chi connectivity index (χ1) is 5.72. The molecule has 1 atom stereocenters. The molecule has 0 aliphatic heterocycles. The topological polar surface area (TPSA) is 20.2 Å². The summed E-state index contributed by atoms with van der Waals surface area (Å²) in [5, 5.41) is 9.48. The molecule has 0 aliphatic rings. The summed E-state index contributed by atoms with van der Waals surface area (Å²) in [6, 6.07) is 0. The van der Waals surface area contributed by atoms with E-state index in [1.807, 2.05) is 6.92 Å². The molecule has 0 unspecified atom stereocenters. The number of unbranched alkanes of at least 4 members (excludes halogenated alkanes) is 3. The Morgan fingerprint density at radius 3 is 2.58 bits per heavy atom. The van der Waals surface area contributed by atoms with E-state index in [2.05, 4.69) is 19.2 Å². The number of hydrogen-bond acceptors (Lipinski definition) is 1. The molecule has 0 bridgehead atoms. The van der Waals surface area contributed by atoms with Crippen LogP contribution in [0.2, 0.25) is 0 Å². The van der Waals surface area contributed by atoms with Gasteiger partial charge in [0.1, 0.15) is 0 Å². The molecule has 0 fully saturated rings. The lowest BCUT2D eigenvalue weighted by atomic mass is 10.0. The average molecular weight is 168 g/mol. The van der Waals surface area contributed by atoms with Gasteiger partial charge in [0.2, 0.25) is 0 Å². The lowest BCUT2D eigenvalue weighted by molar-refractivity contribution is 0.196. The van der Waals surface area contributed by atoms with E-state index in [1.54, 1.807) is 0 Å². The highest BCUT2D eigenvalue weighted by Gasteiger charge is 2.04. The fourth-order valence-corrected chi connectivity index (χ4v) is 1.10. The lowest BCUT2D eigenvalue weighted by Crippen LogP contribution is -2.06. The average Bonchev–Trinajstić information content (AvgIpc) is 2.10. The first kappa shape index (κ1) is 11.5. The summed E-state index contributed by atoms with van der Waals surface area (Å²) in [4.78, 5) is 0. The van der Waals surface area contributed by atoms with Gasteiger partial charge in [-0.1, -0.05) is 39.2 Å². The van der Waals surface area contributed by atoms with Crippen LogP contribution in [-0.4, -0.2) is 11.2 Å². The van der Waals surface area contributed by atoms with Crippen LogP contribution >= 0.6 is 0 Å². The zero-order valence-electron chi connectivity index (χ0n) is 8.27. The van der Waals surface area contributed by atoms with Crippen molar-refractivity contribution in [3.8, 4) is 0 Å². The molecule has 0 amide bonds. The Morgan fingerprint density at radius 1 is 1.42 bits per heavy atom. The SMILES string of the molecule is C=C=C(C)[C@H](O)CCCCCC. The normalized spacial score (nSPS) is 12.2. The Bertz CT molecular complexity index is 154. The molecule has 1 heteroatoms. The standard InChI is InChI=1S/C11H20O/c1-4-6-7-8-9-11(12)10(3)5-2/h11-12H,2,4,6-9H2,1,3H3/t11-/m1/s1.